The Bertz CT molecular complexity index is 1750. The quantitative estimate of drug-likeness (QED) is 0.0823. The van der Waals surface area contributed by atoms with Gasteiger partial charge < -0.3 is 56.8 Å². The van der Waals surface area contributed by atoms with Crippen molar-refractivity contribution in [3.05, 3.63) is 132 Å². The molecule has 0 N–H and O–H groups in total. The maximum absolute atomic E-state index is 11.4. The van der Waals surface area contributed by atoms with E-state index >= 15 is 0 Å². The number of hydrogen-bond donors (Lipinski definition) is 0. The summed E-state index contributed by atoms with van der Waals surface area (Å²) in [6, 6.07) is 31.4. The number of benzene rings is 4. The Balaban J connectivity index is 1.09. The molecule has 0 radical (unpaired) electrons. The average Bonchev–Trinajstić information content (AvgIpc) is 4.07. The lowest BCUT2D eigenvalue weighted by molar-refractivity contribution is 0.0977. The van der Waals surface area contributed by atoms with Crippen LogP contribution in [-0.4, -0.2) is 95.7 Å². The molecule has 0 spiro atoms. The van der Waals surface area contributed by atoms with Crippen molar-refractivity contribution < 1.29 is 71.2 Å². The summed E-state index contributed by atoms with van der Waals surface area (Å²) in [5.41, 5.74) is 3.96. The van der Waals surface area contributed by atoms with Crippen molar-refractivity contribution in [3.63, 3.8) is 0 Å². The number of ether oxygens (including phenoxy) is 12. The molecule has 4 aliphatic heterocycles. The predicted octanol–water partition coefficient (Wildman–Crippen LogP) is 6.66. The highest BCUT2D eigenvalue weighted by molar-refractivity contribution is 5.62. The fourth-order valence-corrected chi connectivity index (χ4v) is 6.86. The molecular weight excluding hydrogens is 756 g/mol. The molecular formula is C43H40O15. The predicted molar refractivity (Wildman–Crippen MR) is 200 cm³/mol. The van der Waals surface area contributed by atoms with Gasteiger partial charge in [0.05, 0.1) is 0 Å². The lowest BCUT2D eigenvalue weighted by Crippen LogP contribution is -2.20. The first-order valence-corrected chi connectivity index (χ1v) is 18.7. The van der Waals surface area contributed by atoms with Crippen LogP contribution in [0.25, 0.3) is 0 Å². The normalized spacial score (nSPS) is 21.9. The first kappa shape index (κ1) is 38.1. The van der Waals surface area contributed by atoms with Gasteiger partial charge in [-0.05, 0) is 77.4 Å². The van der Waals surface area contributed by atoms with E-state index in [-0.39, 0.29) is 63.5 Å². The van der Waals surface area contributed by atoms with Crippen LogP contribution in [0.1, 0.15) is 34.1 Å². The van der Waals surface area contributed by atoms with Crippen LogP contribution in [-0.2, 0) is 37.9 Å². The van der Waals surface area contributed by atoms with Gasteiger partial charge >= 0.3 is 18.5 Å². The van der Waals surface area contributed by atoms with Gasteiger partial charge in [-0.15, -0.1) is 0 Å². The third-order valence-corrected chi connectivity index (χ3v) is 9.71. The number of hydrogen-bond acceptors (Lipinski definition) is 15. The van der Waals surface area contributed by atoms with Crippen LogP contribution in [0.5, 0.6) is 23.0 Å². The lowest BCUT2D eigenvalue weighted by atomic mass is 9.73. The van der Waals surface area contributed by atoms with Crippen molar-refractivity contribution in [3.8, 4) is 23.0 Å². The molecule has 8 rings (SSSR count). The van der Waals surface area contributed by atoms with E-state index in [4.69, 9.17) is 56.8 Å². The minimum atomic E-state index is -0.706. The summed E-state index contributed by atoms with van der Waals surface area (Å²) >= 11 is 0. The Labute approximate surface area is 333 Å². The number of carbonyl (C=O) groups is 3. The zero-order valence-electron chi connectivity index (χ0n) is 31.2. The number of cyclic esters (lactones) is 6. The van der Waals surface area contributed by atoms with Gasteiger partial charge in [0.15, 0.2) is 24.4 Å². The van der Waals surface area contributed by atoms with Crippen molar-refractivity contribution in [2.45, 2.75) is 36.3 Å². The van der Waals surface area contributed by atoms with Crippen LogP contribution in [0.2, 0.25) is 0 Å². The Kier molecular flexibility index (Phi) is 11.6. The first-order valence-electron chi connectivity index (χ1n) is 18.7. The average molecular weight is 797 g/mol. The van der Waals surface area contributed by atoms with Gasteiger partial charge in [0, 0.05) is 11.8 Å². The molecule has 0 bridgehead atoms. The minimum Gasteiger partial charge on any atom is -0.490 e. The Morgan fingerprint density at radius 1 is 0.414 bits per heavy atom. The standard InChI is InChI=1S/C43H40O15/c1-26-47-18-35(55-26)19-48-31-10-2-27(3-11-31)39(28-4-12-32(13-5-28)49-20-36-23-52-41(44)56-36)40(29-6-14-33(15-7-29)50-21-37-24-53-42(45)57-37)30-8-16-34(17-9-30)51-22-38-25-54-43(46)58-38/h2-17,35-40H,1,18-25H2. The molecule has 4 aliphatic rings. The molecule has 0 aliphatic carbocycles. The van der Waals surface area contributed by atoms with Crippen LogP contribution < -0.4 is 18.9 Å². The van der Waals surface area contributed by atoms with E-state index in [1.54, 1.807) is 0 Å². The van der Waals surface area contributed by atoms with E-state index in [1.165, 1.54) is 0 Å². The summed E-state index contributed by atoms with van der Waals surface area (Å²) in [6.07, 6.45) is -3.83. The van der Waals surface area contributed by atoms with E-state index in [2.05, 4.69) is 6.58 Å². The molecule has 4 fully saturated rings. The molecule has 58 heavy (non-hydrogen) atoms. The van der Waals surface area contributed by atoms with Gasteiger partial charge in [-0.2, -0.15) is 0 Å². The van der Waals surface area contributed by atoms with Gasteiger partial charge in [0.1, 0.15) is 75.9 Å². The van der Waals surface area contributed by atoms with Crippen LogP contribution >= 0.6 is 0 Å². The van der Waals surface area contributed by atoms with E-state index < -0.39 is 36.8 Å². The molecule has 302 valence electrons. The molecule has 4 aromatic carbocycles. The molecule has 0 amide bonds. The molecule has 5 atom stereocenters. The minimum absolute atomic E-state index is 0.134. The summed E-state index contributed by atoms with van der Waals surface area (Å²) in [7, 11) is 0. The highest BCUT2D eigenvalue weighted by atomic mass is 16.8. The van der Waals surface area contributed by atoms with Crippen LogP contribution in [0, 0.1) is 0 Å². The molecule has 15 nitrogen and oxygen atoms in total. The number of rotatable bonds is 17. The molecule has 4 aromatic rings. The number of carbonyl (C=O) groups excluding carboxylic acids is 3. The van der Waals surface area contributed by atoms with E-state index in [0.717, 1.165) is 22.3 Å². The van der Waals surface area contributed by atoms with Crippen molar-refractivity contribution in [1.82, 2.24) is 0 Å². The van der Waals surface area contributed by atoms with Gasteiger partial charge in [-0.25, -0.2) is 14.4 Å². The second kappa shape index (κ2) is 17.6. The second-order valence-corrected chi connectivity index (χ2v) is 13.8. The monoisotopic (exact) mass is 796 g/mol. The summed E-state index contributed by atoms with van der Waals surface area (Å²) < 4.78 is 64.8. The van der Waals surface area contributed by atoms with Crippen molar-refractivity contribution in [1.29, 1.82) is 0 Å². The topological polar surface area (TPSA) is 162 Å². The smallest absolute Gasteiger partial charge is 0.490 e. The fourth-order valence-electron chi connectivity index (χ4n) is 6.86. The third kappa shape index (κ3) is 9.60. The molecule has 0 saturated carbocycles. The molecule has 4 saturated heterocycles. The van der Waals surface area contributed by atoms with Crippen LogP contribution in [0.4, 0.5) is 14.4 Å². The van der Waals surface area contributed by atoms with Gasteiger partial charge in [-0.1, -0.05) is 48.5 Å². The van der Waals surface area contributed by atoms with Crippen molar-refractivity contribution >= 4 is 18.5 Å². The first-order chi connectivity index (χ1) is 28.3. The zero-order valence-corrected chi connectivity index (χ0v) is 31.2. The largest absolute Gasteiger partial charge is 0.508 e. The Morgan fingerprint density at radius 3 is 0.897 bits per heavy atom. The summed E-state index contributed by atoms with van der Waals surface area (Å²) in [5.74, 6) is 2.26. The SMILES string of the molecule is C=C1OCC(COc2ccc(C(c3ccc(OCC4COC(=O)O4)cc3)C(c3ccc(OCC4COC(=O)O4)cc3)c3ccc(OCC4COC(=O)O4)cc3)cc2)O1. The zero-order chi connectivity index (χ0) is 39.8. The van der Waals surface area contributed by atoms with Crippen LogP contribution in [0.3, 0.4) is 0 Å². The van der Waals surface area contributed by atoms with Gasteiger partial charge in [0.25, 0.3) is 5.95 Å². The maximum atomic E-state index is 11.4. The highest BCUT2D eigenvalue weighted by Crippen LogP contribution is 2.44. The summed E-state index contributed by atoms with van der Waals surface area (Å²) in [5, 5.41) is 0. The molecule has 4 heterocycles. The van der Waals surface area contributed by atoms with Gasteiger partial charge in [0.2, 0.25) is 0 Å². The summed E-state index contributed by atoms with van der Waals surface area (Å²) in [4.78, 5) is 34.2. The molecule has 0 aromatic heterocycles. The highest BCUT2D eigenvalue weighted by Gasteiger charge is 2.31. The maximum Gasteiger partial charge on any atom is 0.508 e. The third-order valence-electron chi connectivity index (χ3n) is 9.71. The van der Waals surface area contributed by atoms with Crippen LogP contribution in [0.15, 0.2) is 110 Å². The van der Waals surface area contributed by atoms with Crippen molar-refractivity contribution in [2.75, 3.05) is 52.9 Å². The second-order valence-electron chi connectivity index (χ2n) is 13.8. The Hall–Kier alpha value is -6.77. The van der Waals surface area contributed by atoms with E-state index in [9.17, 15) is 14.4 Å². The Morgan fingerprint density at radius 2 is 0.672 bits per heavy atom. The van der Waals surface area contributed by atoms with Gasteiger partial charge in [-0.3, -0.25) is 0 Å². The summed E-state index contributed by atoms with van der Waals surface area (Å²) in [6.45, 7) is 5.23. The lowest BCUT2D eigenvalue weighted by Gasteiger charge is -2.30. The van der Waals surface area contributed by atoms with E-state index in [0.29, 0.717) is 36.2 Å². The van der Waals surface area contributed by atoms with E-state index in [1.807, 2.05) is 97.1 Å². The molecule has 5 unspecified atom stereocenters. The van der Waals surface area contributed by atoms with Crippen molar-refractivity contribution in [2.24, 2.45) is 0 Å². The molecule has 15 heteroatoms. The fraction of sp³-hybridized carbons (Fsp3) is 0.326.